The summed E-state index contributed by atoms with van der Waals surface area (Å²) in [5, 5.41) is 8.90. The molecule has 26 heavy (non-hydrogen) atoms. The summed E-state index contributed by atoms with van der Waals surface area (Å²) in [7, 11) is 0. The number of nitrogens with one attached hydrogen (secondary N) is 3. The number of aliphatic imine (C=N–C) groups is 1. The molecule has 2 aliphatic heterocycles. The molecule has 8 nitrogen and oxygen atoms in total. The Bertz CT molecular complexity index is 464. The number of piperidine rings is 1. The zero-order chi connectivity index (χ0) is 18.1. The molecular formula is C17H33IN6O2. The van der Waals surface area contributed by atoms with Crippen molar-refractivity contribution >= 4 is 41.9 Å². The monoisotopic (exact) mass is 480 g/mol. The number of halogens is 1. The molecule has 2 fully saturated rings. The summed E-state index contributed by atoms with van der Waals surface area (Å²) in [5.74, 6) is 1.43. The van der Waals surface area contributed by atoms with E-state index in [2.05, 4.69) is 32.8 Å². The zero-order valence-electron chi connectivity index (χ0n) is 15.9. The number of urea groups is 1. The van der Waals surface area contributed by atoms with Crippen LogP contribution in [0.4, 0.5) is 4.79 Å². The van der Waals surface area contributed by atoms with Gasteiger partial charge in [-0.05, 0) is 51.7 Å². The average Bonchev–Trinajstić information content (AvgIpc) is 2.92. The standard InChI is InChI=1S/C17H32N6O2.HI/c1-3-18-16(20-8-12-23-15(24)13-21-17(23)25)19-7-4-9-22-10-5-14(2)6-11-22;/h14H,3-13H2,1-2H3,(H,21,25)(H2,18,19,20);1H. The molecule has 2 aliphatic rings. The third-order valence-electron chi connectivity index (χ3n) is 4.69. The van der Waals surface area contributed by atoms with Gasteiger partial charge in [-0.3, -0.25) is 14.7 Å². The molecule has 2 rings (SSSR count). The Morgan fingerprint density at radius 3 is 2.58 bits per heavy atom. The molecule has 3 amide bonds. The van der Waals surface area contributed by atoms with Crippen molar-refractivity contribution < 1.29 is 9.59 Å². The lowest BCUT2D eigenvalue weighted by atomic mass is 9.99. The third-order valence-corrected chi connectivity index (χ3v) is 4.69. The normalized spacial score (nSPS) is 19.3. The number of imide groups is 1. The number of rotatable bonds is 8. The van der Waals surface area contributed by atoms with Crippen LogP contribution in [-0.2, 0) is 4.79 Å². The van der Waals surface area contributed by atoms with Gasteiger partial charge in [-0.15, -0.1) is 24.0 Å². The van der Waals surface area contributed by atoms with Gasteiger partial charge in [0.1, 0.15) is 0 Å². The van der Waals surface area contributed by atoms with Gasteiger partial charge >= 0.3 is 6.03 Å². The summed E-state index contributed by atoms with van der Waals surface area (Å²) in [6, 6.07) is -0.315. The molecule has 9 heteroatoms. The highest BCUT2D eigenvalue weighted by Gasteiger charge is 2.27. The van der Waals surface area contributed by atoms with E-state index in [1.165, 1.54) is 30.8 Å². The summed E-state index contributed by atoms with van der Waals surface area (Å²) >= 11 is 0. The molecular weight excluding hydrogens is 447 g/mol. The molecule has 0 radical (unpaired) electrons. The third kappa shape index (κ3) is 7.65. The first kappa shape index (κ1) is 22.9. The van der Waals surface area contributed by atoms with Gasteiger partial charge in [-0.1, -0.05) is 6.92 Å². The second-order valence-electron chi connectivity index (χ2n) is 6.77. The Labute approximate surface area is 173 Å². The number of likely N-dealkylation sites (tertiary alicyclic amines) is 1. The fourth-order valence-electron chi connectivity index (χ4n) is 3.08. The van der Waals surface area contributed by atoms with Crippen molar-refractivity contribution in [1.82, 2.24) is 25.8 Å². The first-order valence-electron chi connectivity index (χ1n) is 9.43. The zero-order valence-corrected chi connectivity index (χ0v) is 18.3. The van der Waals surface area contributed by atoms with Crippen LogP contribution in [0.2, 0.25) is 0 Å². The van der Waals surface area contributed by atoms with Crippen LogP contribution in [0.15, 0.2) is 4.99 Å². The molecule has 0 aromatic carbocycles. The van der Waals surface area contributed by atoms with Crippen molar-refractivity contribution in [2.45, 2.75) is 33.1 Å². The SMILES string of the molecule is CCNC(=NCCCN1CCC(C)CC1)NCCN1C(=O)CNC1=O.I. The molecule has 0 spiro atoms. The number of guanidine groups is 1. The Morgan fingerprint density at radius 1 is 1.23 bits per heavy atom. The maximum atomic E-state index is 11.5. The maximum Gasteiger partial charge on any atom is 0.324 e. The van der Waals surface area contributed by atoms with Crippen LogP contribution in [0.1, 0.15) is 33.1 Å². The fraction of sp³-hybridized carbons (Fsp3) is 0.824. The quantitative estimate of drug-likeness (QED) is 0.158. The van der Waals surface area contributed by atoms with Crippen molar-refractivity contribution in [3.63, 3.8) is 0 Å². The largest absolute Gasteiger partial charge is 0.357 e. The number of carbonyl (C=O) groups excluding carboxylic acids is 2. The van der Waals surface area contributed by atoms with Crippen LogP contribution in [0, 0.1) is 5.92 Å². The predicted octanol–water partition coefficient (Wildman–Crippen LogP) is 0.833. The predicted molar refractivity (Wildman–Crippen MR) is 114 cm³/mol. The number of carbonyl (C=O) groups is 2. The molecule has 150 valence electrons. The number of hydrogen-bond acceptors (Lipinski definition) is 4. The van der Waals surface area contributed by atoms with E-state index in [-0.39, 0.29) is 42.5 Å². The summed E-state index contributed by atoms with van der Waals surface area (Å²) in [5.41, 5.74) is 0. The molecule has 0 aliphatic carbocycles. The molecule has 0 aromatic heterocycles. The Morgan fingerprint density at radius 2 is 1.96 bits per heavy atom. The van der Waals surface area contributed by atoms with E-state index in [1.807, 2.05) is 6.92 Å². The molecule has 0 bridgehead atoms. The molecule has 0 unspecified atom stereocenters. The van der Waals surface area contributed by atoms with Gasteiger partial charge in [-0.25, -0.2) is 4.79 Å². The van der Waals surface area contributed by atoms with Crippen molar-refractivity contribution in [2.75, 3.05) is 52.4 Å². The van der Waals surface area contributed by atoms with Crippen molar-refractivity contribution in [2.24, 2.45) is 10.9 Å². The Balaban J connectivity index is 0.00000338. The number of nitrogens with zero attached hydrogens (tertiary/aromatic N) is 3. The molecule has 0 aromatic rings. The highest BCUT2D eigenvalue weighted by molar-refractivity contribution is 14.0. The average molecular weight is 480 g/mol. The fourth-order valence-corrected chi connectivity index (χ4v) is 3.08. The van der Waals surface area contributed by atoms with E-state index in [0.29, 0.717) is 13.1 Å². The van der Waals surface area contributed by atoms with Crippen molar-refractivity contribution in [3.05, 3.63) is 0 Å². The number of hydrogen-bond donors (Lipinski definition) is 3. The summed E-state index contributed by atoms with van der Waals surface area (Å²) in [6.45, 7) is 10.3. The van der Waals surface area contributed by atoms with Crippen LogP contribution in [0.25, 0.3) is 0 Å². The van der Waals surface area contributed by atoms with Gasteiger partial charge in [0.15, 0.2) is 5.96 Å². The maximum absolute atomic E-state index is 11.5. The molecule has 3 N–H and O–H groups in total. The van der Waals surface area contributed by atoms with Gasteiger partial charge < -0.3 is 20.9 Å². The van der Waals surface area contributed by atoms with Crippen LogP contribution in [0.5, 0.6) is 0 Å². The Hall–Kier alpha value is -1.10. The van der Waals surface area contributed by atoms with Gasteiger partial charge in [0.25, 0.3) is 0 Å². The molecule has 2 heterocycles. The lowest BCUT2D eigenvalue weighted by Crippen LogP contribution is -2.43. The van der Waals surface area contributed by atoms with E-state index in [1.54, 1.807) is 0 Å². The minimum absolute atomic E-state index is 0. The lowest BCUT2D eigenvalue weighted by molar-refractivity contribution is -0.124. The Kier molecular flexibility index (Phi) is 10.9. The minimum atomic E-state index is -0.315. The van der Waals surface area contributed by atoms with Gasteiger partial charge in [0, 0.05) is 26.2 Å². The summed E-state index contributed by atoms with van der Waals surface area (Å²) in [6.07, 6.45) is 3.64. The second kappa shape index (κ2) is 12.3. The van der Waals surface area contributed by atoms with E-state index in [9.17, 15) is 9.59 Å². The van der Waals surface area contributed by atoms with E-state index < -0.39 is 0 Å². The highest BCUT2D eigenvalue weighted by atomic mass is 127. The highest BCUT2D eigenvalue weighted by Crippen LogP contribution is 2.15. The number of amides is 3. The van der Waals surface area contributed by atoms with Crippen LogP contribution in [-0.4, -0.2) is 80.1 Å². The summed E-state index contributed by atoms with van der Waals surface area (Å²) < 4.78 is 0. The molecule has 0 atom stereocenters. The van der Waals surface area contributed by atoms with E-state index in [0.717, 1.165) is 37.9 Å². The van der Waals surface area contributed by atoms with Crippen molar-refractivity contribution in [1.29, 1.82) is 0 Å². The first-order valence-corrected chi connectivity index (χ1v) is 9.43. The van der Waals surface area contributed by atoms with E-state index in [4.69, 9.17) is 0 Å². The van der Waals surface area contributed by atoms with Crippen LogP contribution < -0.4 is 16.0 Å². The van der Waals surface area contributed by atoms with E-state index >= 15 is 0 Å². The van der Waals surface area contributed by atoms with Crippen LogP contribution in [0.3, 0.4) is 0 Å². The topological polar surface area (TPSA) is 89.1 Å². The minimum Gasteiger partial charge on any atom is -0.357 e. The lowest BCUT2D eigenvalue weighted by Gasteiger charge is -2.29. The molecule has 0 saturated carbocycles. The van der Waals surface area contributed by atoms with Crippen LogP contribution >= 0.6 is 24.0 Å². The molecule has 2 saturated heterocycles. The van der Waals surface area contributed by atoms with Crippen molar-refractivity contribution in [3.8, 4) is 0 Å². The smallest absolute Gasteiger partial charge is 0.324 e. The second-order valence-corrected chi connectivity index (χ2v) is 6.77. The summed E-state index contributed by atoms with van der Waals surface area (Å²) in [4.78, 5) is 31.3. The van der Waals surface area contributed by atoms with Gasteiger partial charge in [0.2, 0.25) is 5.91 Å². The first-order chi connectivity index (χ1) is 12.1. The van der Waals surface area contributed by atoms with Gasteiger partial charge in [-0.2, -0.15) is 0 Å². The van der Waals surface area contributed by atoms with Gasteiger partial charge in [0.05, 0.1) is 6.54 Å².